The maximum absolute atomic E-state index is 11.8. The minimum Gasteiger partial charge on any atom is -0.322 e. The molecule has 1 fully saturated rings. The molecule has 2 rings (SSSR count). The highest BCUT2D eigenvalue weighted by atomic mass is 79.9. The molecular formula is C9H12BrN3OS. The molecule has 0 spiro atoms. The largest absolute Gasteiger partial charge is 0.322 e. The Hall–Kier alpha value is -0.590. The van der Waals surface area contributed by atoms with Crippen molar-refractivity contribution in [2.24, 2.45) is 0 Å². The Morgan fingerprint density at radius 3 is 2.80 bits per heavy atom. The first kappa shape index (κ1) is 10.9. The third-order valence-electron chi connectivity index (χ3n) is 2.21. The molecule has 0 aliphatic carbocycles. The number of carbonyl (C=O) groups is 1. The molecule has 82 valence electrons. The number of piperazine rings is 1. The lowest BCUT2D eigenvalue weighted by molar-refractivity contribution is 0.204. The molecule has 1 aliphatic rings. The van der Waals surface area contributed by atoms with E-state index in [2.05, 4.69) is 26.6 Å². The summed E-state index contributed by atoms with van der Waals surface area (Å²) in [5.41, 5.74) is 0. The van der Waals surface area contributed by atoms with Crippen LogP contribution < -0.4 is 10.6 Å². The number of urea groups is 1. The molecule has 15 heavy (non-hydrogen) atoms. The van der Waals surface area contributed by atoms with Gasteiger partial charge in [-0.3, -0.25) is 5.32 Å². The molecule has 2 amide bonds. The predicted molar refractivity (Wildman–Crippen MR) is 65.5 cm³/mol. The first-order chi connectivity index (χ1) is 7.25. The fourth-order valence-corrected chi connectivity index (χ4v) is 2.71. The fourth-order valence-electron chi connectivity index (χ4n) is 1.43. The zero-order valence-electron chi connectivity index (χ0n) is 8.12. The van der Waals surface area contributed by atoms with Crippen LogP contribution in [0.4, 0.5) is 9.80 Å². The molecule has 0 bridgehead atoms. The van der Waals surface area contributed by atoms with Gasteiger partial charge < -0.3 is 10.2 Å². The number of nitrogens with one attached hydrogen (secondary N) is 2. The van der Waals surface area contributed by atoms with Gasteiger partial charge in [-0.15, -0.1) is 11.3 Å². The van der Waals surface area contributed by atoms with E-state index in [0.717, 1.165) is 35.0 Å². The highest BCUT2D eigenvalue weighted by Crippen LogP contribution is 2.26. The zero-order chi connectivity index (χ0) is 10.7. The summed E-state index contributed by atoms with van der Waals surface area (Å²) in [5.74, 6) is 0. The Morgan fingerprint density at radius 1 is 1.47 bits per heavy atom. The van der Waals surface area contributed by atoms with Crippen molar-refractivity contribution in [1.29, 1.82) is 0 Å². The minimum absolute atomic E-state index is 0.00847. The van der Waals surface area contributed by atoms with Gasteiger partial charge in [0.2, 0.25) is 0 Å². The number of hydrogen-bond acceptors (Lipinski definition) is 3. The average molecular weight is 290 g/mol. The van der Waals surface area contributed by atoms with E-state index in [4.69, 9.17) is 0 Å². The van der Waals surface area contributed by atoms with Crippen LogP contribution in [0.15, 0.2) is 15.9 Å². The van der Waals surface area contributed by atoms with Crippen molar-refractivity contribution in [2.75, 3.05) is 31.5 Å². The van der Waals surface area contributed by atoms with Gasteiger partial charge in [0.25, 0.3) is 0 Å². The molecule has 0 atom stereocenters. The van der Waals surface area contributed by atoms with E-state index < -0.39 is 0 Å². The third-order valence-corrected chi connectivity index (χ3v) is 3.75. The fraction of sp³-hybridized carbons (Fsp3) is 0.444. The Labute approximate surface area is 101 Å². The molecule has 0 saturated carbocycles. The molecule has 2 N–H and O–H groups in total. The van der Waals surface area contributed by atoms with E-state index in [0.29, 0.717) is 0 Å². The van der Waals surface area contributed by atoms with Crippen LogP contribution in [0.1, 0.15) is 0 Å². The molecule has 0 aromatic carbocycles. The van der Waals surface area contributed by atoms with Gasteiger partial charge in [-0.1, -0.05) is 0 Å². The van der Waals surface area contributed by atoms with Gasteiger partial charge in [0.15, 0.2) is 0 Å². The first-order valence-corrected chi connectivity index (χ1v) is 6.38. The van der Waals surface area contributed by atoms with Crippen LogP contribution in [-0.2, 0) is 0 Å². The zero-order valence-corrected chi connectivity index (χ0v) is 10.5. The summed E-state index contributed by atoms with van der Waals surface area (Å²) in [6.45, 7) is 3.31. The van der Waals surface area contributed by atoms with Gasteiger partial charge >= 0.3 is 6.03 Å². The SMILES string of the molecule is O=C(Nc1ccc(Br)s1)N1CCNCC1. The Bertz CT molecular complexity index is 349. The Morgan fingerprint density at radius 2 is 2.20 bits per heavy atom. The molecule has 1 saturated heterocycles. The maximum atomic E-state index is 11.8. The second-order valence-corrected chi connectivity index (χ2v) is 5.73. The van der Waals surface area contributed by atoms with Gasteiger partial charge in [0.1, 0.15) is 0 Å². The number of halogens is 1. The Balaban J connectivity index is 1.91. The van der Waals surface area contributed by atoms with Gasteiger partial charge in [0.05, 0.1) is 8.79 Å². The smallest absolute Gasteiger partial charge is 0.322 e. The van der Waals surface area contributed by atoms with E-state index in [1.807, 2.05) is 17.0 Å². The van der Waals surface area contributed by atoms with Crippen LogP contribution in [0.3, 0.4) is 0 Å². The summed E-state index contributed by atoms with van der Waals surface area (Å²) in [6, 6.07) is 3.82. The molecule has 4 nitrogen and oxygen atoms in total. The van der Waals surface area contributed by atoms with Gasteiger partial charge in [-0.2, -0.15) is 0 Å². The second-order valence-electron chi connectivity index (χ2n) is 3.27. The van der Waals surface area contributed by atoms with Crippen molar-refractivity contribution in [3.8, 4) is 0 Å². The lowest BCUT2D eigenvalue weighted by Crippen LogP contribution is -2.47. The second kappa shape index (κ2) is 4.96. The van der Waals surface area contributed by atoms with E-state index in [9.17, 15) is 4.79 Å². The highest BCUT2D eigenvalue weighted by molar-refractivity contribution is 9.11. The van der Waals surface area contributed by atoms with Crippen LogP contribution >= 0.6 is 27.3 Å². The van der Waals surface area contributed by atoms with Crippen molar-refractivity contribution >= 4 is 38.3 Å². The van der Waals surface area contributed by atoms with Crippen molar-refractivity contribution in [3.05, 3.63) is 15.9 Å². The van der Waals surface area contributed by atoms with E-state index in [1.165, 1.54) is 11.3 Å². The molecule has 6 heteroatoms. The standard InChI is InChI=1S/C9H12BrN3OS/c10-7-1-2-8(15-7)12-9(14)13-5-3-11-4-6-13/h1-2,11H,3-6H2,(H,12,14). The first-order valence-electron chi connectivity index (χ1n) is 4.78. The van der Waals surface area contributed by atoms with Crippen LogP contribution in [0.25, 0.3) is 0 Å². The van der Waals surface area contributed by atoms with Crippen LogP contribution in [0, 0.1) is 0 Å². The topological polar surface area (TPSA) is 44.4 Å². The van der Waals surface area contributed by atoms with Crippen molar-refractivity contribution in [2.45, 2.75) is 0 Å². The van der Waals surface area contributed by atoms with E-state index in [1.54, 1.807) is 0 Å². The lowest BCUT2D eigenvalue weighted by Gasteiger charge is -2.27. The van der Waals surface area contributed by atoms with Gasteiger partial charge in [0, 0.05) is 26.2 Å². The van der Waals surface area contributed by atoms with E-state index >= 15 is 0 Å². The van der Waals surface area contributed by atoms with Gasteiger partial charge in [-0.25, -0.2) is 4.79 Å². The normalized spacial score (nSPS) is 16.5. The average Bonchev–Trinajstić information content (AvgIpc) is 2.65. The Kier molecular flexibility index (Phi) is 3.61. The maximum Gasteiger partial charge on any atom is 0.322 e. The number of nitrogens with zero attached hydrogens (tertiary/aromatic N) is 1. The molecule has 0 unspecified atom stereocenters. The number of hydrogen-bond donors (Lipinski definition) is 2. The lowest BCUT2D eigenvalue weighted by atomic mass is 10.4. The monoisotopic (exact) mass is 289 g/mol. The molecular weight excluding hydrogens is 278 g/mol. The third kappa shape index (κ3) is 2.93. The number of carbonyl (C=O) groups excluding carboxylic acids is 1. The van der Waals surface area contributed by atoms with Gasteiger partial charge in [-0.05, 0) is 28.1 Å². The quantitative estimate of drug-likeness (QED) is 0.830. The molecule has 1 aromatic heterocycles. The van der Waals surface area contributed by atoms with Crippen LogP contribution in [0.2, 0.25) is 0 Å². The number of anilines is 1. The minimum atomic E-state index is -0.00847. The number of rotatable bonds is 1. The summed E-state index contributed by atoms with van der Waals surface area (Å²) < 4.78 is 1.03. The molecule has 2 heterocycles. The van der Waals surface area contributed by atoms with Crippen molar-refractivity contribution < 1.29 is 4.79 Å². The summed E-state index contributed by atoms with van der Waals surface area (Å²) in [6.07, 6.45) is 0. The summed E-state index contributed by atoms with van der Waals surface area (Å²) in [5, 5.41) is 6.97. The van der Waals surface area contributed by atoms with Crippen LogP contribution in [-0.4, -0.2) is 37.1 Å². The van der Waals surface area contributed by atoms with Crippen molar-refractivity contribution in [1.82, 2.24) is 10.2 Å². The predicted octanol–water partition coefficient (Wildman–Crippen LogP) is 1.95. The van der Waals surface area contributed by atoms with E-state index in [-0.39, 0.29) is 6.03 Å². The molecule has 0 radical (unpaired) electrons. The molecule has 1 aliphatic heterocycles. The molecule has 1 aromatic rings. The van der Waals surface area contributed by atoms with Crippen LogP contribution in [0.5, 0.6) is 0 Å². The highest BCUT2D eigenvalue weighted by Gasteiger charge is 2.16. The number of thiophene rings is 1. The summed E-state index contributed by atoms with van der Waals surface area (Å²) >= 11 is 4.88. The number of amides is 2. The van der Waals surface area contributed by atoms with Crippen molar-refractivity contribution in [3.63, 3.8) is 0 Å². The summed E-state index contributed by atoms with van der Waals surface area (Å²) in [7, 11) is 0. The summed E-state index contributed by atoms with van der Waals surface area (Å²) in [4.78, 5) is 13.6.